The molecule has 0 aromatic rings. The van der Waals surface area contributed by atoms with E-state index < -0.39 is 0 Å². The average Bonchev–Trinajstić information content (AvgIpc) is 2.77. The Balaban J connectivity index is 1.89. The second-order valence-electron chi connectivity index (χ2n) is 7.22. The summed E-state index contributed by atoms with van der Waals surface area (Å²) in [5.41, 5.74) is 0.591. The van der Waals surface area contributed by atoms with Crippen LogP contribution >= 0.6 is 0 Å². The maximum absolute atomic E-state index is 3.69. The van der Waals surface area contributed by atoms with Gasteiger partial charge in [0.1, 0.15) is 0 Å². The van der Waals surface area contributed by atoms with Crippen molar-refractivity contribution in [1.29, 1.82) is 0 Å². The minimum atomic E-state index is 0.591. The summed E-state index contributed by atoms with van der Waals surface area (Å²) in [5, 5.41) is 3.69. The Kier molecular flexibility index (Phi) is 4.71. The molecule has 2 nitrogen and oxygen atoms in total. The zero-order valence-corrected chi connectivity index (χ0v) is 12.8. The first-order chi connectivity index (χ1) is 8.53. The maximum Gasteiger partial charge on any atom is 0.0249 e. The van der Waals surface area contributed by atoms with Crippen LogP contribution in [0.5, 0.6) is 0 Å². The van der Waals surface area contributed by atoms with Crippen molar-refractivity contribution in [2.75, 3.05) is 13.6 Å². The molecule has 18 heavy (non-hydrogen) atoms. The highest BCUT2D eigenvalue weighted by molar-refractivity contribution is 4.93. The highest BCUT2D eigenvalue weighted by Crippen LogP contribution is 2.38. The predicted molar refractivity (Wildman–Crippen MR) is 78.9 cm³/mol. The van der Waals surface area contributed by atoms with E-state index in [1.807, 2.05) is 0 Å². The highest BCUT2D eigenvalue weighted by Gasteiger charge is 2.35. The zero-order valence-electron chi connectivity index (χ0n) is 12.8. The van der Waals surface area contributed by atoms with Crippen molar-refractivity contribution in [3.05, 3.63) is 0 Å². The normalized spacial score (nSPS) is 33.2. The number of nitrogens with zero attached hydrogens (tertiary/aromatic N) is 1. The van der Waals surface area contributed by atoms with Gasteiger partial charge in [0, 0.05) is 18.1 Å². The van der Waals surface area contributed by atoms with Gasteiger partial charge < -0.3 is 5.32 Å². The molecule has 1 N–H and O–H groups in total. The topological polar surface area (TPSA) is 15.3 Å². The second-order valence-corrected chi connectivity index (χ2v) is 7.22. The van der Waals surface area contributed by atoms with Crippen LogP contribution in [0.15, 0.2) is 0 Å². The van der Waals surface area contributed by atoms with Crippen molar-refractivity contribution >= 4 is 0 Å². The first-order valence-electron chi connectivity index (χ1n) is 7.99. The van der Waals surface area contributed by atoms with Crippen LogP contribution in [-0.4, -0.2) is 36.6 Å². The van der Waals surface area contributed by atoms with Crippen LogP contribution in [0.25, 0.3) is 0 Å². The van der Waals surface area contributed by atoms with Crippen LogP contribution in [0, 0.1) is 5.41 Å². The summed E-state index contributed by atoms with van der Waals surface area (Å²) < 4.78 is 0. The molecule has 2 heteroatoms. The molecule has 2 aliphatic carbocycles. The number of hydrogen-bond acceptors (Lipinski definition) is 2. The summed E-state index contributed by atoms with van der Waals surface area (Å²) in [7, 11) is 2.38. The molecule has 0 amide bonds. The van der Waals surface area contributed by atoms with E-state index in [9.17, 15) is 0 Å². The molecule has 106 valence electrons. The number of nitrogens with one attached hydrogen (secondary N) is 1. The van der Waals surface area contributed by atoms with Crippen molar-refractivity contribution in [1.82, 2.24) is 10.2 Å². The lowest BCUT2D eigenvalue weighted by atomic mass is 9.75. The van der Waals surface area contributed by atoms with Crippen molar-refractivity contribution < 1.29 is 0 Å². The largest absolute Gasteiger partial charge is 0.313 e. The zero-order chi connectivity index (χ0) is 13.2. The fraction of sp³-hybridized carbons (Fsp3) is 1.00. The van der Waals surface area contributed by atoms with Crippen molar-refractivity contribution in [2.45, 2.75) is 83.8 Å². The molecule has 0 radical (unpaired) electrons. The van der Waals surface area contributed by atoms with Crippen LogP contribution < -0.4 is 5.32 Å². The number of likely N-dealkylation sites (N-methyl/N-ethyl adjacent to an activating group) is 2. The van der Waals surface area contributed by atoms with Gasteiger partial charge in [-0.15, -0.1) is 0 Å². The van der Waals surface area contributed by atoms with E-state index in [0.717, 1.165) is 24.7 Å². The van der Waals surface area contributed by atoms with Crippen LogP contribution in [0.2, 0.25) is 0 Å². The van der Waals surface area contributed by atoms with Gasteiger partial charge in [-0.3, -0.25) is 4.90 Å². The van der Waals surface area contributed by atoms with Gasteiger partial charge in [0.25, 0.3) is 0 Å². The number of hydrogen-bond donors (Lipinski definition) is 1. The molecule has 0 spiro atoms. The fourth-order valence-electron chi connectivity index (χ4n) is 3.99. The summed E-state index contributed by atoms with van der Waals surface area (Å²) in [6, 6.07) is 2.37. The molecule has 0 heterocycles. The van der Waals surface area contributed by atoms with E-state index in [2.05, 4.69) is 38.0 Å². The fourth-order valence-corrected chi connectivity index (χ4v) is 3.99. The van der Waals surface area contributed by atoms with Crippen molar-refractivity contribution in [2.24, 2.45) is 5.41 Å². The summed E-state index contributed by atoms with van der Waals surface area (Å²) in [4.78, 5) is 2.72. The van der Waals surface area contributed by atoms with E-state index in [0.29, 0.717) is 5.41 Å². The Morgan fingerprint density at radius 1 is 1.11 bits per heavy atom. The van der Waals surface area contributed by atoms with Crippen LogP contribution in [0.1, 0.15) is 65.7 Å². The first-order valence-corrected chi connectivity index (χ1v) is 7.99. The van der Waals surface area contributed by atoms with E-state index in [1.165, 1.54) is 44.9 Å². The molecule has 0 saturated heterocycles. The molecular formula is C16H32N2. The molecule has 0 bridgehead atoms. The predicted octanol–water partition coefficient (Wildman–Crippen LogP) is 3.42. The van der Waals surface area contributed by atoms with E-state index in [1.54, 1.807) is 0 Å². The third kappa shape index (κ3) is 3.27. The third-order valence-corrected chi connectivity index (χ3v) is 5.35. The van der Waals surface area contributed by atoms with Gasteiger partial charge in [0.15, 0.2) is 0 Å². The molecule has 2 aliphatic rings. The molecule has 2 atom stereocenters. The molecule has 0 aliphatic heterocycles. The van der Waals surface area contributed by atoms with Crippen LogP contribution in [-0.2, 0) is 0 Å². The lowest BCUT2D eigenvalue weighted by Crippen LogP contribution is -2.50. The first kappa shape index (κ1) is 14.3. The van der Waals surface area contributed by atoms with E-state index >= 15 is 0 Å². The van der Waals surface area contributed by atoms with Gasteiger partial charge in [-0.25, -0.2) is 0 Å². The average molecular weight is 252 g/mol. The van der Waals surface area contributed by atoms with E-state index in [4.69, 9.17) is 0 Å². The van der Waals surface area contributed by atoms with Gasteiger partial charge in [-0.05, 0) is 57.5 Å². The van der Waals surface area contributed by atoms with Gasteiger partial charge in [0.2, 0.25) is 0 Å². The quantitative estimate of drug-likeness (QED) is 0.825. The molecule has 2 rings (SSSR count). The van der Waals surface area contributed by atoms with Crippen molar-refractivity contribution in [3.63, 3.8) is 0 Å². The Morgan fingerprint density at radius 3 is 2.39 bits per heavy atom. The lowest BCUT2D eigenvalue weighted by Gasteiger charge is -2.42. The molecule has 2 unspecified atom stereocenters. The molecule has 0 aromatic heterocycles. The molecule has 2 fully saturated rings. The van der Waals surface area contributed by atoms with Gasteiger partial charge >= 0.3 is 0 Å². The third-order valence-electron chi connectivity index (χ3n) is 5.35. The van der Waals surface area contributed by atoms with Crippen LogP contribution in [0.3, 0.4) is 0 Å². The summed E-state index contributed by atoms with van der Waals surface area (Å²) >= 11 is 0. The molecule has 2 saturated carbocycles. The molecular weight excluding hydrogens is 220 g/mol. The minimum absolute atomic E-state index is 0.591. The Bertz CT molecular complexity index is 252. The standard InChI is InChI=1S/C16H32N2/c1-5-17-14-7-6-8-15(14)18(4)13-9-11-16(2,3)12-10-13/h13-15,17H,5-12H2,1-4H3. The van der Waals surface area contributed by atoms with Crippen LogP contribution in [0.4, 0.5) is 0 Å². The van der Waals surface area contributed by atoms with E-state index in [-0.39, 0.29) is 0 Å². The monoisotopic (exact) mass is 252 g/mol. The highest BCUT2D eigenvalue weighted by atomic mass is 15.2. The summed E-state index contributed by atoms with van der Waals surface area (Å²) in [6.07, 6.45) is 9.79. The van der Waals surface area contributed by atoms with Gasteiger partial charge in [-0.1, -0.05) is 27.2 Å². The second kappa shape index (κ2) is 5.92. The molecule has 0 aromatic carbocycles. The number of rotatable bonds is 4. The summed E-state index contributed by atoms with van der Waals surface area (Å²) in [6.45, 7) is 8.21. The SMILES string of the molecule is CCNC1CCCC1N(C)C1CCC(C)(C)CC1. The Labute approximate surface area is 114 Å². The lowest BCUT2D eigenvalue weighted by molar-refractivity contribution is 0.0858. The Hall–Kier alpha value is -0.0800. The van der Waals surface area contributed by atoms with Gasteiger partial charge in [-0.2, -0.15) is 0 Å². The Morgan fingerprint density at radius 2 is 1.78 bits per heavy atom. The summed E-state index contributed by atoms with van der Waals surface area (Å²) in [5.74, 6) is 0. The van der Waals surface area contributed by atoms with Gasteiger partial charge in [0.05, 0.1) is 0 Å². The maximum atomic E-state index is 3.69. The van der Waals surface area contributed by atoms with Crippen molar-refractivity contribution in [3.8, 4) is 0 Å². The smallest absolute Gasteiger partial charge is 0.0249 e. The minimum Gasteiger partial charge on any atom is -0.313 e.